The molecule has 0 bridgehead atoms. The van der Waals surface area contributed by atoms with Crippen LogP contribution < -0.4 is 14.8 Å². The van der Waals surface area contributed by atoms with Crippen molar-refractivity contribution in [1.82, 2.24) is 4.90 Å². The molecule has 0 spiro atoms. The van der Waals surface area contributed by atoms with E-state index in [4.69, 9.17) is 21.1 Å². The SMILES string of the molecule is COc1cc(OC)c(NC(=O)CCCN2C(=O)[C@H]3CC=CC[C@@H]3C2=O)cc1Cl. The maximum atomic E-state index is 12.4. The summed E-state index contributed by atoms with van der Waals surface area (Å²) in [6.45, 7) is 0.249. The fraction of sp³-hybridized carbons (Fsp3) is 0.450. The van der Waals surface area contributed by atoms with E-state index >= 15 is 0 Å². The van der Waals surface area contributed by atoms with E-state index in [0.29, 0.717) is 41.5 Å². The molecule has 2 aliphatic rings. The highest BCUT2D eigenvalue weighted by molar-refractivity contribution is 6.32. The highest BCUT2D eigenvalue weighted by Gasteiger charge is 2.46. The highest BCUT2D eigenvalue weighted by atomic mass is 35.5. The molecular weight excluding hydrogens is 384 g/mol. The van der Waals surface area contributed by atoms with Gasteiger partial charge in [-0.05, 0) is 25.3 Å². The van der Waals surface area contributed by atoms with Crippen LogP contribution in [0.4, 0.5) is 5.69 Å². The Bertz CT molecular complexity index is 797. The zero-order valence-electron chi connectivity index (χ0n) is 15.9. The van der Waals surface area contributed by atoms with Crippen LogP contribution in [0.25, 0.3) is 0 Å². The van der Waals surface area contributed by atoms with Gasteiger partial charge in [0.15, 0.2) is 0 Å². The molecule has 1 aromatic rings. The Morgan fingerprint density at radius 3 is 2.29 bits per heavy atom. The smallest absolute Gasteiger partial charge is 0.233 e. The molecule has 7 nitrogen and oxygen atoms in total. The van der Waals surface area contributed by atoms with E-state index in [-0.39, 0.29) is 42.5 Å². The molecule has 8 heteroatoms. The molecule has 150 valence electrons. The standard InChI is InChI=1S/C20H23ClN2O5/c1-27-16-11-17(28-2)15(10-14(16)21)22-18(24)8-5-9-23-19(25)12-6-3-4-7-13(12)20(23)26/h3-4,10-13H,5-9H2,1-2H3,(H,22,24)/t12-,13-/m0/s1. The second kappa shape index (κ2) is 8.65. The lowest BCUT2D eigenvalue weighted by molar-refractivity contribution is -0.140. The van der Waals surface area contributed by atoms with Gasteiger partial charge in [0.2, 0.25) is 17.7 Å². The number of likely N-dealkylation sites (tertiary alicyclic amines) is 1. The van der Waals surface area contributed by atoms with Crippen LogP contribution in [0.15, 0.2) is 24.3 Å². The minimum absolute atomic E-state index is 0.122. The molecule has 1 fully saturated rings. The van der Waals surface area contributed by atoms with E-state index in [1.54, 1.807) is 12.1 Å². The summed E-state index contributed by atoms with van der Waals surface area (Å²) < 4.78 is 10.4. The van der Waals surface area contributed by atoms with Gasteiger partial charge in [0.05, 0.1) is 36.8 Å². The van der Waals surface area contributed by atoms with Gasteiger partial charge in [-0.1, -0.05) is 23.8 Å². The fourth-order valence-electron chi connectivity index (χ4n) is 3.66. The van der Waals surface area contributed by atoms with E-state index in [1.807, 2.05) is 12.2 Å². The highest BCUT2D eigenvalue weighted by Crippen LogP contribution is 2.36. The molecule has 0 aromatic heterocycles. The number of fused-ring (bicyclic) bond motifs is 1. The number of nitrogens with zero attached hydrogens (tertiary/aromatic N) is 1. The molecular formula is C20H23ClN2O5. The van der Waals surface area contributed by atoms with Gasteiger partial charge in [-0.2, -0.15) is 0 Å². The number of allylic oxidation sites excluding steroid dienone is 2. The van der Waals surface area contributed by atoms with Gasteiger partial charge in [-0.15, -0.1) is 0 Å². The van der Waals surface area contributed by atoms with Gasteiger partial charge >= 0.3 is 0 Å². The first kappa shape index (κ1) is 20.2. The van der Waals surface area contributed by atoms with Crippen LogP contribution in [0, 0.1) is 11.8 Å². The molecule has 0 unspecified atom stereocenters. The average Bonchev–Trinajstić information content (AvgIpc) is 2.93. The molecule has 1 N–H and O–H groups in total. The summed E-state index contributed by atoms with van der Waals surface area (Å²) in [7, 11) is 2.98. The van der Waals surface area contributed by atoms with Crippen molar-refractivity contribution in [2.24, 2.45) is 11.8 Å². The van der Waals surface area contributed by atoms with E-state index in [2.05, 4.69) is 5.32 Å². The molecule has 3 amide bonds. The van der Waals surface area contributed by atoms with Crippen LogP contribution >= 0.6 is 11.6 Å². The number of rotatable bonds is 7. The van der Waals surface area contributed by atoms with Gasteiger partial charge in [0, 0.05) is 19.0 Å². The van der Waals surface area contributed by atoms with Crippen molar-refractivity contribution in [2.75, 3.05) is 26.1 Å². The Kier molecular flexibility index (Phi) is 6.24. The number of carbonyl (C=O) groups excluding carboxylic acids is 3. The Morgan fingerprint density at radius 2 is 1.71 bits per heavy atom. The predicted molar refractivity (Wildman–Crippen MR) is 104 cm³/mol. The second-order valence-electron chi connectivity index (χ2n) is 6.82. The zero-order valence-corrected chi connectivity index (χ0v) is 16.6. The first-order chi connectivity index (χ1) is 13.5. The number of hydrogen-bond acceptors (Lipinski definition) is 5. The molecule has 1 aromatic carbocycles. The van der Waals surface area contributed by atoms with Gasteiger partial charge in [0.25, 0.3) is 0 Å². The maximum Gasteiger partial charge on any atom is 0.233 e. The number of benzene rings is 1. The number of imide groups is 1. The molecule has 1 saturated heterocycles. The van der Waals surface area contributed by atoms with Gasteiger partial charge in [0.1, 0.15) is 11.5 Å². The minimum Gasteiger partial charge on any atom is -0.495 e. The molecule has 1 aliphatic carbocycles. The summed E-state index contributed by atoms with van der Waals surface area (Å²) in [6, 6.07) is 3.15. The van der Waals surface area contributed by atoms with Crippen LogP contribution in [-0.2, 0) is 14.4 Å². The van der Waals surface area contributed by atoms with Gasteiger partial charge in [-0.3, -0.25) is 19.3 Å². The lowest BCUT2D eigenvalue weighted by Crippen LogP contribution is -2.32. The minimum atomic E-state index is -0.252. The Hall–Kier alpha value is -2.54. The molecule has 2 atom stereocenters. The largest absolute Gasteiger partial charge is 0.495 e. The number of hydrogen-bond donors (Lipinski definition) is 1. The number of amides is 3. The number of methoxy groups -OCH3 is 2. The summed E-state index contributed by atoms with van der Waals surface area (Å²) in [5.41, 5.74) is 0.434. The summed E-state index contributed by atoms with van der Waals surface area (Å²) in [6.07, 6.45) is 5.70. The molecule has 3 rings (SSSR count). The van der Waals surface area contributed by atoms with Crippen molar-refractivity contribution in [3.8, 4) is 11.5 Å². The first-order valence-corrected chi connectivity index (χ1v) is 9.55. The molecule has 1 heterocycles. The number of nitrogens with one attached hydrogen (secondary N) is 1. The zero-order chi connectivity index (χ0) is 20.3. The van der Waals surface area contributed by atoms with Crippen LogP contribution in [0.2, 0.25) is 5.02 Å². The van der Waals surface area contributed by atoms with Crippen LogP contribution in [0.3, 0.4) is 0 Å². The number of halogens is 1. The van der Waals surface area contributed by atoms with Crippen molar-refractivity contribution in [3.05, 3.63) is 29.3 Å². The lowest BCUT2D eigenvalue weighted by atomic mass is 9.85. The van der Waals surface area contributed by atoms with Crippen molar-refractivity contribution in [2.45, 2.75) is 25.7 Å². The third-order valence-electron chi connectivity index (χ3n) is 5.13. The van der Waals surface area contributed by atoms with Gasteiger partial charge in [-0.25, -0.2) is 0 Å². The summed E-state index contributed by atoms with van der Waals surface area (Å²) >= 11 is 6.11. The van der Waals surface area contributed by atoms with Crippen LogP contribution in [0.1, 0.15) is 25.7 Å². The summed E-state index contributed by atoms with van der Waals surface area (Å²) in [5, 5.41) is 3.10. The maximum absolute atomic E-state index is 12.4. The van der Waals surface area contributed by atoms with Crippen molar-refractivity contribution < 1.29 is 23.9 Å². The first-order valence-electron chi connectivity index (χ1n) is 9.17. The molecule has 0 radical (unpaired) electrons. The third-order valence-corrected chi connectivity index (χ3v) is 5.43. The quantitative estimate of drug-likeness (QED) is 0.555. The predicted octanol–water partition coefficient (Wildman–Crippen LogP) is 3.03. The third kappa shape index (κ3) is 3.99. The number of anilines is 1. The van der Waals surface area contributed by atoms with E-state index < -0.39 is 0 Å². The average molecular weight is 407 g/mol. The van der Waals surface area contributed by atoms with Crippen molar-refractivity contribution >= 4 is 35.0 Å². The molecule has 28 heavy (non-hydrogen) atoms. The molecule has 0 saturated carbocycles. The Morgan fingerprint density at radius 1 is 1.11 bits per heavy atom. The van der Waals surface area contributed by atoms with Crippen molar-refractivity contribution in [3.63, 3.8) is 0 Å². The lowest BCUT2D eigenvalue weighted by Gasteiger charge is -2.15. The summed E-state index contributed by atoms with van der Waals surface area (Å²) in [5.74, 6) is -0.104. The number of ether oxygens (including phenoxy) is 2. The molecule has 1 aliphatic heterocycles. The topological polar surface area (TPSA) is 84.9 Å². The van der Waals surface area contributed by atoms with Crippen LogP contribution in [0.5, 0.6) is 11.5 Å². The summed E-state index contributed by atoms with van der Waals surface area (Å²) in [4.78, 5) is 38.5. The second-order valence-corrected chi connectivity index (χ2v) is 7.23. The van der Waals surface area contributed by atoms with E-state index in [0.717, 1.165) is 0 Å². The van der Waals surface area contributed by atoms with Crippen LogP contribution in [-0.4, -0.2) is 43.4 Å². The normalized spacial score (nSPS) is 20.9. The van der Waals surface area contributed by atoms with E-state index in [1.165, 1.54) is 19.1 Å². The van der Waals surface area contributed by atoms with Crippen molar-refractivity contribution in [1.29, 1.82) is 0 Å². The number of carbonyl (C=O) groups is 3. The Labute approximate surface area is 168 Å². The monoisotopic (exact) mass is 406 g/mol. The fourth-order valence-corrected chi connectivity index (χ4v) is 3.90. The Balaban J connectivity index is 1.55. The van der Waals surface area contributed by atoms with Gasteiger partial charge < -0.3 is 14.8 Å². The van der Waals surface area contributed by atoms with E-state index in [9.17, 15) is 14.4 Å².